The van der Waals surface area contributed by atoms with E-state index in [1.807, 2.05) is 48.2 Å². The van der Waals surface area contributed by atoms with Gasteiger partial charge in [-0.15, -0.1) is 0 Å². The van der Waals surface area contributed by atoms with Crippen molar-refractivity contribution < 1.29 is 38.1 Å². The number of rotatable bonds is 15. The number of halogens is 1. The van der Waals surface area contributed by atoms with E-state index < -0.39 is 17.5 Å². The lowest BCUT2D eigenvalue weighted by Crippen LogP contribution is -2.53. The molecule has 1 spiro atoms. The number of aromatic nitrogens is 3. The number of fused-ring (bicyclic) bond motifs is 3. The number of hydrogen-bond donors (Lipinski definition) is 2. The minimum atomic E-state index is -0.923. The van der Waals surface area contributed by atoms with Gasteiger partial charge in [-0.05, 0) is 148 Å². The molecule has 7 aliphatic rings. The standard InChI is InChI=1S/C58H70FN9O7/c1-4-38-7-5-8-39-26-42(75-36-73-3)27-44(48(38)39)50-49(59)51-45(30-60-50)52(67-18-6-13-56(2,72)33-67)63-55(62-51)74-35-58(14-15-58)34-65-19-16-57(17-20-65)28-37(29-57)31-64-21-23-66(24-22-64)41-9-10-43-40(25-41)32-68(54(43)71)46-11-12-47(69)61-53(46)70/h5,7-10,25-27,30,37,46,72H,4,6,11-24,28-29,31-36H2,1-3H3,(H,61,69,70)/t46-,56+/m0/s1. The van der Waals surface area contributed by atoms with E-state index in [-0.39, 0.29) is 53.6 Å². The van der Waals surface area contributed by atoms with Crippen LogP contribution in [0.2, 0.25) is 0 Å². The number of carbonyl (C=O) groups is 3. The van der Waals surface area contributed by atoms with Crippen LogP contribution in [-0.2, 0) is 27.3 Å². The van der Waals surface area contributed by atoms with Gasteiger partial charge < -0.3 is 38.9 Å². The molecule has 5 aromatic rings. The summed E-state index contributed by atoms with van der Waals surface area (Å²) in [7, 11) is 1.57. The lowest BCUT2D eigenvalue weighted by molar-refractivity contribution is -0.136. The highest BCUT2D eigenvalue weighted by Gasteiger charge is 2.50. The maximum atomic E-state index is 17.4. The van der Waals surface area contributed by atoms with Gasteiger partial charge in [-0.2, -0.15) is 9.97 Å². The molecule has 16 nitrogen and oxygen atoms in total. The number of nitrogens with zero attached hydrogens (tertiary/aromatic N) is 8. The molecule has 3 aromatic carbocycles. The maximum Gasteiger partial charge on any atom is 0.319 e. The van der Waals surface area contributed by atoms with Crippen molar-refractivity contribution in [2.75, 3.05) is 95.8 Å². The maximum absolute atomic E-state index is 17.4. The molecule has 5 aliphatic heterocycles. The lowest BCUT2D eigenvalue weighted by atomic mass is 9.57. The number of amides is 3. The Morgan fingerprint density at radius 3 is 2.44 bits per heavy atom. The number of piperidine rings is 3. The second kappa shape index (κ2) is 19.8. The van der Waals surface area contributed by atoms with E-state index >= 15 is 4.39 Å². The van der Waals surface area contributed by atoms with E-state index in [2.05, 4.69) is 39.1 Å². The number of piperazine rings is 1. The van der Waals surface area contributed by atoms with Crippen molar-refractivity contribution in [2.45, 2.75) is 103 Å². The summed E-state index contributed by atoms with van der Waals surface area (Å²) in [6, 6.07) is 15.5. The highest BCUT2D eigenvalue weighted by molar-refractivity contribution is 6.06. The Morgan fingerprint density at radius 2 is 1.69 bits per heavy atom. The van der Waals surface area contributed by atoms with Crippen LogP contribution in [0.25, 0.3) is 32.9 Å². The van der Waals surface area contributed by atoms with Crippen LogP contribution >= 0.6 is 0 Å². The lowest BCUT2D eigenvalue weighted by Gasteiger charge is -2.54. The number of ether oxygens (including phenoxy) is 3. The van der Waals surface area contributed by atoms with Gasteiger partial charge in [0.15, 0.2) is 12.6 Å². The minimum absolute atomic E-state index is 0.00447. The van der Waals surface area contributed by atoms with Crippen LogP contribution in [-0.4, -0.2) is 150 Å². The summed E-state index contributed by atoms with van der Waals surface area (Å²) in [5.74, 6) is 0.451. The molecule has 7 heterocycles. The fourth-order valence-electron chi connectivity index (χ4n) is 13.5. The van der Waals surface area contributed by atoms with Crippen molar-refractivity contribution in [3.8, 4) is 23.0 Å². The number of methoxy groups -OCH3 is 1. The van der Waals surface area contributed by atoms with Gasteiger partial charge in [0.05, 0.1) is 17.6 Å². The monoisotopic (exact) mass is 1020 g/mol. The molecule has 6 fully saturated rings. The number of hydrogen-bond acceptors (Lipinski definition) is 14. The largest absolute Gasteiger partial charge is 0.468 e. The van der Waals surface area contributed by atoms with E-state index in [1.165, 1.54) is 25.7 Å². The average Bonchev–Trinajstić information content (AvgIpc) is 4.09. The third kappa shape index (κ3) is 9.89. The zero-order chi connectivity index (χ0) is 51.6. The van der Waals surface area contributed by atoms with Gasteiger partial charge in [-0.25, -0.2) is 4.39 Å². The van der Waals surface area contributed by atoms with Crippen molar-refractivity contribution >= 4 is 50.9 Å². The first kappa shape index (κ1) is 49.8. The summed E-state index contributed by atoms with van der Waals surface area (Å²) in [5, 5.41) is 15.9. The molecular formula is C58H70FN9O7. The Labute approximate surface area is 437 Å². The Balaban J connectivity index is 0.665. The van der Waals surface area contributed by atoms with Gasteiger partial charge in [0, 0.05) is 101 Å². The molecule has 2 aliphatic carbocycles. The van der Waals surface area contributed by atoms with Crippen LogP contribution in [0.3, 0.4) is 0 Å². The van der Waals surface area contributed by atoms with Gasteiger partial charge in [0.2, 0.25) is 11.8 Å². The quantitative estimate of drug-likeness (QED) is 0.0805. The normalized spacial score (nSPS) is 24.0. The summed E-state index contributed by atoms with van der Waals surface area (Å²) in [4.78, 5) is 63.4. The topological polar surface area (TPSA) is 166 Å². The van der Waals surface area contributed by atoms with Gasteiger partial charge >= 0.3 is 6.01 Å². The van der Waals surface area contributed by atoms with Crippen LogP contribution in [0.15, 0.2) is 54.7 Å². The van der Waals surface area contributed by atoms with E-state index in [9.17, 15) is 19.5 Å². The van der Waals surface area contributed by atoms with Crippen LogP contribution in [0.5, 0.6) is 11.8 Å². The SMILES string of the molecule is CCc1cccc2cc(OCOC)cc(-c3ncc4c(N5CCC[C@@](C)(O)C5)nc(OCC5(CN6CCC7(CC6)CC(CN6CCN(c8ccc9c(c8)CN([C@H]8CCC(=O)NC8=O)C9=O)CC6)C7)CC5)nc4c3F)c12. The van der Waals surface area contributed by atoms with Crippen molar-refractivity contribution in [1.29, 1.82) is 0 Å². The zero-order valence-corrected chi connectivity index (χ0v) is 43.7. The predicted octanol–water partition coefficient (Wildman–Crippen LogP) is 7.11. The Kier molecular flexibility index (Phi) is 13.2. The Bertz CT molecular complexity index is 3030. The molecule has 2 N–H and O–H groups in total. The molecule has 4 saturated heterocycles. The highest BCUT2D eigenvalue weighted by atomic mass is 19.1. The molecule has 0 unspecified atom stereocenters. The Hall–Kier alpha value is -6.01. The average molecular weight is 1020 g/mol. The summed E-state index contributed by atoms with van der Waals surface area (Å²) < 4.78 is 35.1. The summed E-state index contributed by atoms with van der Waals surface area (Å²) in [6.07, 6.45) is 11.6. The number of anilines is 2. The molecule has 0 bridgehead atoms. The molecule has 75 heavy (non-hydrogen) atoms. The number of imide groups is 1. The number of nitrogens with one attached hydrogen (secondary N) is 1. The van der Waals surface area contributed by atoms with Gasteiger partial charge in [-0.1, -0.05) is 25.1 Å². The number of aliphatic hydroxyl groups is 1. The smallest absolute Gasteiger partial charge is 0.319 e. The number of benzene rings is 3. The van der Waals surface area contributed by atoms with Gasteiger partial charge in [0.25, 0.3) is 5.91 Å². The van der Waals surface area contributed by atoms with Crippen molar-refractivity contribution in [3.05, 3.63) is 77.2 Å². The molecule has 396 valence electrons. The fourth-order valence-corrected chi connectivity index (χ4v) is 13.5. The van der Waals surface area contributed by atoms with E-state index in [0.717, 1.165) is 112 Å². The number of likely N-dealkylation sites (tertiary alicyclic amines) is 1. The van der Waals surface area contributed by atoms with Crippen LogP contribution < -0.4 is 24.6 Å². The fraction of sp³-hybridized carbons (Fsp3) is 0.552. The molecular weight excluding hydrogens is 954 g/mol. The predicted molar refractivity (Wildman–Crippen MR) is 283 cm³/mol. The molecule has 2 aromatic heterocycles. The minimum Gasteiger partial charge on any atom is -0.468 e. The molecule has 17 heteroatoms. The molecule has 12 rings (SSSR count). The summed E-state index contributed by atoms with van der Waals surface area (Å²) in [5.41, 5.74) is 4.23. The number of carbonyl (C=O) groups excluding carboxylic acids is 3. The van der Waals surface area contributed by atoms with Crippen molar-refractivity contribution in [2.24, 2.45) is 16.7 Å². The molecule has 2 atom stereocenters. The third-order valence-corrected chi connectivity index (χ3v) is 17.8. The number of aryl methyl sites for hydroxylation is 1. The van der Waals surface area contributed by atoms with Crippen molar-refractivity contribution in [1.82, 2.24) is 35.0 Å². The van der Waals surface area contributed by atoms with E-state index in [1.54, 1.807) is 18.2 Å². The zero-order valence-electron chi connectivity index (χ0n) is 43.7. The van der Waals surface area contributed by atoms with Gasteiger partial charge in [0.1, 0.15) is 28.8 Å². The van der Waals surface area contributed by atoms with E-state index in [0.29, 0.717) is 72.6 Å². The van der Waals surface area contributed by atoms with E-state index in [4.69, 9.17) is 29.2 Å². The van der Waals surface area contributed by atoms with Crippen LogP contribution in [0.1, 0.15) is 99.5 Å². The first-order valence-electron chi connectivity index (χ1n) is 27.4. The first-order valence-corrected chi connectivity index (χ1v) is 27.4. The second-order valence-corrected chi connectivity index (χ2v) is 23.3. The summed E-state index contributed by atoms with van der Waals surface area (Å²) in [6.45, 7) is 14.0. The van der Waals surface area contributed by atoms with Crippen LogP contribution in [0, 0.1) is 22.6 Å². The van der Waals surface area contributed by atoms with Crippen LogP contribution in [0.4, 0.5) is 15.9 Å². The first-order chi connectivity index (χ1) is 36.3. The Morgan fingerprint density at radius 1 is 0.880 bits per heavy atom. The van der Waals surface area contributed by atoms with Gasteiger partial charge in [-0.3, -0.25) is 29.6 Å². The molecule has 0 radical (unpaired) electrons. The number of β-amino-alcohol motifs (C(OH)–C–C–N with tert-alkyl or cyclic N) is 1. The highest BCUT2D eigenvalue weighted by Crippen LogP contribution is 2.54. The number of pyridine rings is 1. The van der Waals surface area contributed by atoms with Crippen molar-refractivity contribution in [3.63, 3.8) is 0 Å². The summed E-state index contributed by atoms with van der Waals surface area (Å²) >= 11 is 0. The second-order valence-electron chi connectivity index (χ2n) is 23.3. The molecule has 3 amide bonds. The molecule has 2 saturated carbocycles. The third-order valence-electron chi connectivity index (χ3n) is 17.8.